The zero-order valence-corrected chi connectivity index (χ0v) is 19.8. The molecule has 1 saturated heterocycles. The Labute approximate surface area is 191 Å². The number of carbonyl (C=O) groups is 3. The van der Waals surface area contributed by atoms with Crippen LogP contribution in [0.4, 0.5) is 5.13 Å². The first kappa shape index (κ1) is 23.7. The van der Waals surface area contributed by atoms with Crippen LogP contribution in [0.5, 0.6) is 0 Å². The van der Waals surface area contributed by atoms with Gasteiger partial charge in [0, 0.05) is 45.3 Å². The molecule has 168 valence electrons. The number of hydrogen-bond donors (Lipinski definition) is 1. The van der Waals surface area contributed by atoms with Crippen molar-refractivity contribution in [1.29, 1.82) is 0 Å². The number of carbonyl (C=O) groups excluding carboxylic acids is 3. The zero-order valence-electron chi connectivity index (χ0n) is 18.2. The molecular formula is C22H30N4O3S2. The zero-order chi connectivity index (χ0) is 22.2. The number of aromatic nitrogens is 1. The number of amides is 2. The number of rotatable bonds is 9. The molecule has 1 aromatic carbocycles. The van der Waals surface area contributed by atoms with Gasteiger partial charge in [0.25, 0.3) is 0 Å². The number of nitrogens with zero attached hydrogens (tertiary/aromatic N) is 3. The van der Waals surface area contributed by atoms with E-state index in [1.54, 1.807) is 6.92 Å². The van der Waals surface area contributed by atoms with E-state index in [9.17, 15) is 14.4 Å². The normalized spacial score (nSPS) is 14.7. The van der Waals surface area contributed by atoms with Gasteiger partial charge in [0.05, 0.1) is 16.8 Å². The van der Waals surface area contributed by atoms with Crippen LogP contribution in [-0.4, -0.2) is 70.2 Å². The first-order valence-corrected chi connectivity index (χ1v) is 12.5. The highest BCUT2D eigenvalue weighted by molar-refractivity contribution is 8.13. The summed E-state index contributed by atoms with van der Waals surface area (Å²) < 4.78 is 1.07. The summed E-state index contributed by atoms with van der Waals surface area (Å²) in [6.45, 7) is 6.63. The van der Waals surface area contributed by atoms with Crippen molar-refractivity contribution in [3.05, 3.63) is 23.8 Å². The van der Waals surface area contributed by atoms with Crippen LogP contribution in [0.2, 0.25) is 0 Å². The monoisotopic (exact) mass is 462 g/mol. The highest BCUT2D eigenvalue weighted by atomic mass is 32.2. The lowest BCUT2D eigenvalue weighted by atomic mass is 10.2. The molecule has 1 aliphatic heterocycles. The Hall–Kier alpha value is -1.97. The van der Waals surface area contributed by atoms with Gasteiger partial charge in [-0.2, -0.15) is 0 Å². The van der Waals surface area contributed by atoms with Crippen LogP contribution >= 0.6 is 23.1 Å². The number of nitrogens with one attached hydrogen (secondary N) is 1. The van der Waals surface area contributed by atoms with Gasteiger partial charge in [-0.1, -0.05) is 41.7 Å². The highest BCUT2D eigenvalue weighted by Gasteiger charge is 2.22. The predicted octanol–water partition coefficient (Wildman–Crippen LogP) is 3.53. The maximum atomic E-state index is 12.4. The molecule has 0 atom stereocenters. The topological polar surface area (TPSA) is 82.6 Å². The molecule has 3 rings (SSSR count). The maximum absolute atomic E-state index is 12.4. The van der Waals surface area contributed by atoms with E-state index in [0.29, 0.717) is 44.3 Å². The van der Waals surface area contributed by atoms with Crippen molar-refractivity contribution in [2.45, 2.75) is 39.5 Å². The van der Waals surface area contributed by atoms with E-state index < -0.39 is 0 Å². The Balaban J connectivity index is 1.34. The largest absolute Gasteiger partial charge is 0.340 e. The van der Waals surface area contributed by atoms with Crippen molar-refractivity contribution in [1.82, 2.24) is 14.8 Å². The van der Waals surface area contributed by atoms with Crippen LogP contribution in [-0.2, 0) is 14.4 Å². The van der Waals surface area contributed by atoms with Crippen molar-refractivity contribution in [3.8, 4) is 0 Å². The molecule has 0 aliphatic carbocycles. The summed E-state index contributed by atoms with van der Waals surface area (Å²) in [7, 11) is 0. The van der Waals surface area contributed by atoms with E-state index >= 15 is 0 Å². The molecule has 0 saturated carbocycles. The van der Waals surface area contributed by atoms with Crippen molar-refractivity contribution >= 4 is 55.4 Å². The average Bonchev–Trinajstić information content (AvgIpc) is 3.14. The van der Waals surface area contributed by atoms with Gasteiger partial charge >= 0.3 is 0 Å². The molecule has 1 aromatic heterocycles. The fourth-order valence-electron chi connectivity index (χ4n) is 3.59. The van der Waals surface area contributed by atoms with E-state index in [-0.39, 0.29) is 16.9 Å². The second kappa shape index (κ2) is 11.6. The summed E-state index contributed by atoms with van der Waals surface area (Å²) in [6.07, 6.45) is 3.36. The van der Waals surface area contributed by atoms with E-state index in [4.69, 9.17) is 0 Å². The third-order valence-corrected chi connectivity index (χ3v) is 7.13. The number of thiazole rings is 1. The van der Waals surface area contributed by atoms with Gasteiger partial charge in [0.1, 0.15) is 0 Å². The van der Waals surface area contributed by atoms with Gasteiger partial charge < -0.3 is 10.2 Å². The Morgan fingerprint density at radius 1 is 1.13 bits per heavy atom. The minimum atomic E-state index is -0.0695. The van der Waals surface area contributed by atoms with E-state index in [1.165, 1.54) is 23.1 Å². The van der Waals surface area contributed by atoms with Gasteiger partial charge in [-0.15, -0.1) is 0 Å². The predicted molar refractivity (Wildman–Crippen MR) is 128 cm³/mol. The summed E-state index contributed by atoms with van der Waals surface area (Å²) >= 11 is 2.84. The van der Waals surface area contributed by atoms with Crippen LogP contribution in [0.15, 0.2) is 18.2 Å². The van der Waals surface area contributed by atoms with Crippen LogP contribution in [0, 0.1) is 6.92 Å². The van der Waals surface area contributed by atoms with Crippen LogP contribution in [0.3, 0.4) is 0 Å². The molecule has 1 aliphatic rings. The van der Waals surface area contributed by atoms with Crippen molar-refractivity contribution in [2.75, 3.05) is 43.8 Å². The molecule has 2 heterocycles. The molecule has 31 heavy (non-hydrogen) atoms. The summed E-state index contributed by atoms with van der Waals surface area (Å²) in [5, 5.41) is 3.70. The summed E-state index contributed by atoms with van der Waals surface area (Å²) in [5.41, 5.74) is 2.04. The summed E-state index contributed by atoms with van der Waals surface area (Å²) in [4.78, 5) is 44.2. The molecule has 0 spiro atoms. The third-order valence-electron chi connectivity index (χ3n) is 5.30. The second-order valence-corrected chi connectivity index (χ2v) is 10.1. The van der Waals surface area contributed by atoms with Crippen LogP contribution in [0.1, 0.15) is 38.2 Å². The van der Waals surface area contributed by atoms with E-state index in [0.717, 1.165) is 40.8 Å². The van der Waals surface area contributed by atoms with Crippen molar-refractivity contribution in [2.24, 2.45) is 0 Å². The summed E-state index contributed by atoms with van der Waals surface area (Å²) in [5.74, 6) is 0.953. The molecule has 0 unspecified atom stereocenters. The van der Waals surface area contributed by atoms with Gasteiger partial charge in [-0.3, -0.25) is 19.3 Å². The first-order chi connectivity index (χ1) is 14.9. The summed E-state index contributed by atoms with van der Waals surface area (Å²) in [6, 6.07) is 6.02. The van der Waals surface area contributed by atoms with Crippen LogP contribution < -0.4 is 5.32 Å². The number of anilines is 1. The molecule has 0 bridgehead atoms. The standard InChI is InChI=1S/C22H30N4O3S2/c1-16-7-6-8-18-21(16)24-22(31-18)23-19(28)15-25-10-12-26(13-11-25)20(29)9-4-3-5-14-30-17(2)27/h6-8H,3-5,9-15H2,1-2H3,(H,23,24,28). The number of aryl methyl sites for hydroxylation is 1. The van der Waals surface area contributed by atoms with E-state index in [1.807, 2.05) is 30.0 Å². The van der Waals surface area contributed by atoms with Gasteiger partial charge in [0.2, 0.25) is 11.8 Å². The molecule has 9 heteroatoms. The first-order valence-electron chi connectivity index (χ1n) is 10.7. The number of piperazine rings is 1. The average molecular weight is 463 g/mol. The smallest absolute Gasteiger partial charge is 0.240 e. The second-order valence-electron chi connectivity index (χ2n) is 7.80. The molecule has 2 amide bonds. The van der Waals surface area contributed by atoms with Gasteiger partial charge in [0.15, 0.2) is 10.2 Å². The number of hydrogen-bond acceptors (Lipinski definition) is 7. The van der Waals surface area contributed by atoms with E-state index in [2.05, 4.69) is 15.2 Å². The number of fused-ring (bicyclic) bond motifs is 1. The molecule has 0 radical (unpaired) electrons. The fraction of sp³-hybridized carbons (Fsp3) is 0.545. The van der Waals surface area contributed by atoms with Crippen molar-refractivity contribution in [3.63, 3.8) is 0 Å². The molecule has 7 nitrogen and oxygen atoms in total. The van der Waals surface area contributed by atoms with Crippen molar-refractivity contribution < 1.29 is 14.4 Å². The third kappa shape index (κ3) is 7.29. The fourth-order valence-corrected chi connectivity index (χ4v) is 5.18. The Morgan fingerprint density at radius 2 is 1.90 bits per heavy atom. The number of benzene rings is 1. The van der Waals surface area contributed by atoms with Gasteiger partial charge in [-0.25, -0.2) is 4.98 Å². The molecule has 2 aromatic rings. The number of thioether (sulfide) groups is 1. The minimum absolute atomic E-state index is 0.0695. The minimum Gasteiger partial charge on any atom is -0.340 e. The highest BCUT2D eigenvalue weighted by Crippen LogP contribution is 2.27. The van der Waals surface area contributed by atoms with Crippen LogP contribution in [0.25, 0.3) is 10.2 Å². The van der Waals surface area contributed by atoms with Gasteiger partial charge in [-0.05, 0) is 31.4 Å². The number of unbranched alkanes of at least 4 members (excludes halogenated alkanes) is 2. The molecule has 1 fully saturated rings. The maximum Gasteiger partial charge on any atom is 0.240 e. The Morgan fingerprint density at radius 3 is 2.61 bits per heavy atom. The Bertz CT molecular complexity index is 923. The lowest BCUT2D eigenvalue weighted by Gasteiger charge is -2.34. The molecular weight excluding hydrogens is 432 g/mol. The number of para-hydroxylation sites is 1. The quantitative estimate of drug-likeness (QED) is 0.574. The lowest BCUT2D eigenvalue weighted by Crippen LogP contribution is -2.50. The molecule has 1 N–H and O–H groups in total. The Kier molecular flexibility index (Phi) is 8.86. The SMILES string of the molecule is CC(=O)SCCCCCC(=O)N1CCN(CC(=O)Nc2nc3c(C)cccc3s2)CC1. The lowest BCUT2D eigenvalue weighted by molar-refractivity contribution is -0.133.